The fraction of sp³-hybridized carbons (Fsp3) is 0.190. The van der Waals surface area contributed by atoms with Gasteiger partial charge < -0.3 is 10.1 Å². The first-order chi connectivity index (χ1) is 14.1. The van der Waals surface area contributed by atoms with E-state index in [1.807, 2.05) is 31.2 Å². The molecule has 0 aliphatic rings. The Balaban J connectivity index is 1.66. The average Bonchev–Trinajstić information content (AvgIpc) is 3.06. The molecular weight excluding hydrogens is 399 g/mol. The van der Waals surface area contributed by atoms with Crippen LogP contribution in [0.25, 0.3) is 5.69 Å². The second-order valence-corrected chi connectivity index (χ2v) is 6.62. The van der Waals surface area contributed by atoms with Crippen LogP contribution in [0.2, 0.25) is 0 Å². The Labute approximate surface area is 170 Å². The lowest BCUT2D eigenvalue weighted by Gasteiger charge is -2.10. The van der Waals surface area contributed by atoms with E-state index >= 15 is 0 Å². The van der Waals surface area contributed by atoms with Crippen LogP contribution in [-0.4, -0.2) is 28.3 Å². The minimum atomic E-state index is -4.58. The van der Waals surface area contributed by atoms with Crippen molar-refractivity contribution < 1.29 is 27.5 Å². The standard InChI is InChI=1S/C21H18F3N3O3/c1-13-6-8-17(9-7-13)27-18(10-14(2)26-27)25-19(28)12-30-20(29)15-4-3-5-16(11-15)21(22,23)24/h3-11H,12H2,1-2H3,(H,25,28). The monoisotopic (exact) mass is 417 g/mol. The molecule has 3 aromatic rings. The molecule has 1 aromatic heterocycles. The Morgan fingerprint density at radius 1 is 1.07 bits per heavy atom. The number of nitrogens with zero attached hydrogens (tertiary/aromatic N) is 2. The molecule has 9 heteroatoms. The van der Waals surface area contributed by atoms with Crippen LogP contribution < -0.4 is 5.32 Å². The first-order valence-electron chi connectivity index (χ1n) is 8.91. The molecule has 0 radical (unpaired) electrons. The number of benzene rings is 2. The molecule has 6 nitrogen and oxygen atoms in total. The van der Waals surface area contributed by atoms with Crippen molar-refractivity contribution in [2.75, 3.05) is 11.9 Å². The summed E-state index contributed by atoms with van der Waals surface area (Å²) in [6.07, 6.45) is -4.58. The number of anilines is 1. The van der Waals surface area contributed by atoms with Gasteiger partial charge in [-0.15, -0.1) is 0 Å². The van der Waals surface area contributed by atoms with Crippen LogP contribution in [0.5, 0.6) is 0 Å². The molecule has 0 bridgehead atoms. The quantitative estimate of drug-likeness (QED) is 0.628. The molecule has 0 spiro atoms. The summed E-state index contributed by atoms with van der Waals surface area (Å²) in [5.41, 5.74) is 1.18. The molecule has 0 aliphatic heterocycles. The van der Waals surface area contributed by atoms with Gasteiger partial charge in [-0.05, 0) is 44.2 Å². The molecule has 0 saturated heterocycles. The van der Waals surface area contributed by atoms with Gasteiger partial charge >= 0.3 is 12.1 Å². The van der Waals surface area contributed by atoms with Crippen molar-refractivity contribution in [1.82, 2.24) is 9.78 Å². The van der Waals surface area contributed by atoms with Crippen LogP contribution >= 0.6 is 0 Å². The second kappa shape index (κ2) is 8.40. The first-order valence-corrected chi connectivity index (χ1v) is 8.91. The Morgan fingerprint density at radius 2 is 1.77 bits per heavy atom. The van der Waals surface area contributed by atoms with E-state index in [-0.39, 0.29) is 5.56 Å². The molecule has 1 amide bonds. The molecule has 1 N–H and O–H groups in total. The van der Waals surface area contributed by atoms with Crippen LogP contribution in [0, 0.1) is 13.8 Å². The van der Waals surface area contributed by atoms with Crippen molar-refractivity contribution in [1.29, 1.82) is 0 Å². The van der Waals surface area contributed by atoms with E-state index in [0.717, 1.165) is 23.4 Å². The molecule has 30 heavy (non-hydrogen) atoms. The number of aromatic nitrogens is 2. The number of esters is 1. The van der Waals surface area contributed by atoms with Crippen LogP contribution in [0.15, 0.2) is 54.6 Å². The molecule has 156 valence electrons. The summed E-state index contributed by atoms with van der Waals surface area (Å²) in [6.45, 7) is 3.04. The van der Waals surface area contributed by atoms with Crippen LogP contribution in [-0.2, 0) is 15.7 Å². The summed E-state index contributed by atoms with van der Waals surface area (Å²) in [6, 6.07) is 12.9. The van der Waals surface area contributed by atoms with Gasteiger partial charge in [0.15, 0.2) is 6.61 Å². The molecule has 2 aromatic carbocycles. The lowest BCUT2D eigenvalue weighted by atomic mass is 10.1. The number of alkyl halides is 3. The zero-order valence-electron chi connectivity index (χ0n) is 16.2. The van der Waals surface area contributed by atoms with Gasteiger partial charge in [0.05, 0.1) is 22.5 Å². The van der Waals surface area contributed by atoms with Gasteiger partial charge in [0.2, 0.25) is 0 Å². The van der Waals surface area contributed by atoms with Crippen LogP contribution in [0.4, 0.5) is 19.0 Å². The molecule has 1 heterocycles. The van der Waals surface area contributed by atoms with E-state index in [1.54, 1.807) is 13.0 Å². The molecular formula is C21H18F3N3O3. The topological polar surface area (TPSA) is 73.2 Å². The van der Waals surface area contributed by atoms with Crippen molar-refractivity contribution in [2.24, 2.45) is 0 Å². The average molecular weight is 417 g/mol. The third-order valence-electron chi connectivity index (χ3n) is 4.14. The van der Waals surface area contributed by atoms with Gasteiger partial charge in [0.1, 0.15) is 5.82 Å². The number of rotatable bonds is 5. The molecule has 0 fully saturated rings. The Bertz CT molecular complexity index is 1070. The SMILES string of the molecule is Cc1ccc(-n2nc(C)cc2NC(=O)COC(=O)c2cccc(C(F)(F)F)c2)cc1. The predicted octanol–water partition coefficient (Wildman–Crippen LogP) is 4.30. The number of carbonyl (C=O) groups excluding carboxylic acids is 2. The van der Waals surface area contributed by atoms with Crippen molar-refractivity contribution >= 4 is 17.7 Å². The maximum atomic E-state index is 12.8. The number of hydrogen-bond acceptors (Lipinski definition) is 4. The van der Waals surface area contributed by atoms with Crippen molar-refractivity contribution in [3.8, 4) is 5.69 Å². The minimum absolute atomic E-state index is 0.293. The van der Waals surface area contributed by atoms with E-state index in [2.05, 4.69) is 10.4 Å². The van der Waals surface area contributed by atoms with Crippen molar-refractivity contribution in [3.05, 3.63) is 77.0 Å². The fourth-order valence-electron chi connectivity index (χ4n) is 2.69. The van der Waals surface area contributed by atoms with E-state index in [4.69, 9.17) is 4.74 Å². The lowest BCUT2D eigenvalue weighted by molar-refractivity contribution is -0.137. The second-order valence-electron chi connectivity index (χ2n) is 6.62. The predicted molar refractivity (Wildman–Crippen MR) is 103 cm³/mol. The highest BCUT2D eigenvalue weighted by Gasteiger charge is 2.31. The summed E-state index contributed by atoms with van der Waals surface area (Å²) < 4.78 is 44.7. The number of ether oxygens (including phenoxy) is 1. The number of halogens is 3. The summed E-state index contributed by atoms with van der Waals surface area (Å²) >= 11 is 0. The third kappa shape index (κ3) is 5.05. The molecule has 0 saturated carbocycles. The van der Waals surface area contributed by atoms with Gasteiger partial charge in [-0.25, -0.2) is 9.48 Å². The van der Waals surface area contributed by atoms with Crippen molar-refractivity contribution in [3.63, 3.8) is 0 Å². The summed E-state index contributed by atoms with van der Waals surface area (Å²) in [7, 11) is 0. The van der Waals surface area contributed by atoms with Gasteiger partial charge in [0, 0.05) is 6.07 Å². The van der Waals surface area contributed by atoms with Crippen LogP contribution in [0.1, 0.15) is 27.2 Å². The third-order valence-corrected chi connectivity index (χ3v) is 4.14. The van der Waals surface area contributed by atoms with Gasteiger partial charge in [-0.3, -0.25) is 4.79 Å². The number of hydrogen-bond donors (Lipinski definition) is 1. The number of amides is 1. The zero-order chi connectivity index (χ0) is 21.9. The lowest BCUT2D eigenvalue weighted by Crippen LogP contribution is -2.22. The van der Waals surface area contributed by atoms with E-state index in [9.17, 15) is 22.8 Å². The Hall–Kier alpha value is -3.62. The number of carbonyl (C=O) groups is 2. The molecule has 0 atom stereocenters. The molecule has 3 rings (SSSR count). The highest BCUT2D eigenvalue weighted by molar-refractivity contribution is 5.95. The summed E-state index contributed by atoms with van der Waals surface area (Å²) in [5, 5.41) is 6.92. The fourth-order valence-corrected chi connectivity index (χ4v) is 2.69. The Kier molecular flexibility index (Phi) is 5.91. The van der Waals surface area contributed by atoms with E-state index < -0.39 is 30.2 Å². The zero-order valence-corrected chi connectivity index (χ0v) is 16.2. The maximum Gasteiger partial charge on any atom is 0.416 e. The molecule has 0 unspecified atom stereocenters. The smallest absolute Gasteiger partial charge is 0.416 e. The molecule has 0 aliphatic carbocycles. The highest BCUT2D eigenvalue weighted by atomic mass is 19.4. The Morgan fingerprint density at radius 3 is 2.43 bits per heavy atom. The maximum absolute atomic E-state index is 12.8. The van der Waals surface area contributed by atoms with Crippen molar-refractivity contribution in [2.45, 2.75) is 20.0 Å². The first kappa shape index (κ1) is 21.1. The largest absolute Gasteiger partial charge is 0.452 e. The summed E-state index contributed by atoms with van der Waals surface area (Å²) in [4.78, 5) is 24.2. The van der Waals surface area contributed by atoms with Gasteiger partial charge in [-0.2, -0.15) is 18.3 Å². The minimum Gasteiger partial charge on any atom is -0.452 e. The van der Waals surface area contributed by atoms with Gasteiger partial charge in [-0.1, -0.05) is 23.8 Å². The summed E-state index contributed by atoms with van der Waals surface area (Å²) in [5.74, 6) is -1.31. The van der Waals surface area contributed by atoms with E-state index in [0.29, 0.717) is 17.6 Å². The van der Waals surface area contributed by atoms with E-state index in [1.165, 1.54) is 10.7 Å². The van der Waals surface area contributed by atoms with Crippen LogP contribution in [0.3, 0.4) is 0 Å². The highest BCUT2D eigenvalue weighted by Crippen LogP contribution is 2.29. The normalized spacial score (nSPS) is 11.2. The number of aryl methyl sites for hydroxylation is 2. The van der Waals surface area contributed by atoms with Gasteiger partial charge in [0.25, 0.3) is 5.91 Å². The number of nitrogens with one attached hydrogen (secondary N) is 1.